The molecule has 0 aliphatic rings. The molecule has 0 saturated carbocycles. The molecular formula is C52H33NO2. The van der Waals surface area contributed by atoms with Gasteiger partial charge in [0.25, 0.3) is 0 Å². The summed E-state index contributed by atoms with van der Waals surface area (Å²) in [6.07, 6.45) is 0. The molecule has 0 aliphatic carbocycles. The first-order chi connectivity index (χ1) is 27.2. The van der Waals surface area contributed by atoms with E-state index >= 15 is 0 Å². The number of nitrogens with zero attached hydrogens (tertiary/aromatic N) is 1. The van der Waals surface area contributed by atoms with Gasteiger partial charge in [0.05, 0.1) is 0 Å². The molecule has 0 aliphatic heterocycles. The molecule has 0 unspecified atom stereocenters. The Morgan fingerprint density at radius 1 is 0.255 bits per heavy atom. The molecule has 0 spiro atoms. The molecule has 0 radical (unpaired) electrons. The Kier molecular flexibility index (Phi) is 7.17. The maximum Gasteiger partial charge on any atom is 0.136 e. The predicted molar refractivity (Wildman–Crippen MR) is 229 cm³/mol. The Hall–Kier alpha value is -7.36. The van der Waals surface area contributed by atoms with Gasteiger partial charge in [-0.2, -0.15) is 0 Å². The molecule has 0 saturated heterocycles. The largest absolute Gasteiger partial charge is 0.456 e. The van der Waals surface area contributed by atoms with Crippen molar-refractivity contribution >= 4 is 71.7 Å². The van der Waals surface area contributed by atoms with E-state index in [1.54, 1.807) is 0 Å². The maximum atomic E-state index is 6.29. The third-order valence-corrected chi connectivity index (χ3v) is 10.8. The Balaban J connectivity index is 1.03. The summed E-state index contributed by atoms with van der Waals surface area (Å²) >= 11 is 0. The van der Waals surface area contributed by atoms with Gasteiger partial charge in [-0.3, -0.25) is 0 Å². The van der Waals surface area contributed by atoms with E-state index in [2.05, 4.69) is 181 Å². The quantitative estimate of drug-likeness (QED) is 0.173. The molecule has 55 heavy (non-hydrogen) atoms. The first-order valence-corrected chi connectivity index (χ1v) is 18.6. The monoisotopic (exact) mass is 703 g/mol. The van der Waals surface area contributed by atoms with Crippen LogP contribution in [0.25, 0.3) is 88.0 Å². The summed E-state index contributed by atoms with van der Waals surface area (Å²) in [4.78, 5) is 2.35. The zero-order chi connectivity index (χ0) is 36.3. The van der Waals surface area contributed by atoms with Crippen molar-refractivity contribution in [3.8, 4) is 33.4 Å². The minimum Gasteiger partial charge on any atom is -0.456 e. The molecule has 258 valence electrons. The van der Waals surface area contributed by atoms with Crippen molar-refractivity contribution in [3.63, 3.8) is 0 Å². The lowest BCUT2D eigenvalue weighted by molar-refractivity contribution is 0.668. The average Bonchev–Trinajstić information content (AvgIpc) is 3.82. The smallest absolute Gasteiger partial charge is 0.136 e. The van der Waals surface area contributed by atoms with Gasteiger partial charge in [0, 0.05) is 38.6 Å². The minimum atomic E-state index is 0.889. The number of para-hydroxylation sites is 2. The van der Waals surface area contributed by atoms with Gasteiger partial charge < -0.3 is 13.7 Å². The molecule has 2 aromatic heterocycles. The molecule has 0 fully saturated rings. The molecule has 3 nitrogen and oxygen atoms in total. The van der Waals surface area contributed by atoms with Gasteiger partial charge in [-0.05, 0) is 123 Å². The Morgan fingerprint density at radius 2 is 0.764 bits per heavy atom. The fraction of sp³-hybridized carbons (Fsp3) is 0. The molecule has 9 aromatic carbocycles. The summed E-state index contributed by atoms with van der Waals surface area (Å²) < 4.78 is 12.4. The van der Waals surface area contributed by atoms with Crippen molar-refractivity contribution < 1.29 is 8.83 Å². The van der Waals surface area contributed by atoms with E-state index in [4.69, 9.17) is 8.83 Å². The third-order valence-electron chi connectivity index (χ3n) is 10.8. The van der Waals surface area contributed by atoms with Crippen LogP contribution < -0.4 is 4.90 Å². The molecule has 0 bridgehead atoms. The summed E-state index contributed by atoms with van der Waals surface area (Å²) in [5.41, 5.74) is 13.7. The second-order valence-corrected chi connectivity index (χ2v) is 14.2. The molecule has 11 aromatic rings. The highest BCUT2D eigenvalue weighted by Crippen LogP contribution is 2.41. The molecule has 0 amide bonds. The van der Waals surface area contributed by atoms with E-state index < -0.39 is 0 Å². The van der Waals surface area contributed by atoms with Crippen LogP contribution in [0.1, 0.15) is 0 Å². The first kappa shape index (κ1) is 31.2. The van der Waals surface area contributed by atoms with Crippen molar-refractivity contribution in [2.24, 2.45) is 0 Å². The Morgan fingerprint density at radius 3 is 1.51 bits per heavy atom. The fourth-order valence-electron chi connectivity index (χ4n) is 8.08. The molecular weight excluding hydrogens is 671 g/mol. The summed E-state index contributed by atoms with van der Waals surface area (Å²) in [5, 5.41) is 6.99. The highest BCUT2D eigenvalue weighted by Gasteiger charge is 2.17. The van der Waals surface area contributed by atoms with Crippen LogP contribution in [0.3, 0.4) is 0 Å². The second kappa shape index (κ2) is 12.6. The SMILES string of the molecule is c1cc(-c2ccc3c(c2)oc2ccccc23)cc(N(c2ccc(-c3ccc4ccccc4c3)cc2)c2cccc(-c3ccc4oc5ccccc5c4c3)c2)c1. The number of benzene rings is 9. The molecule has 2 heterocycles. The van der Waals surface area contributed by atoms with Crippen LogP contribution in [-0.2, 0) is 0 Å². The van der Waals surface area contributed by atoms with Crippen LogP contribution in [-0.4, -0.2) is 0 Å². The highest BCUT2D eigenvalue weighted by atomic mass is 16.3. The Bertz CT molecular complexity index is 3220. The number of furan rings is 2. The zero-order valence-electron chi connectivity index (χ0n) is 29.8. The summed E-state index contributed by atoms with van der Waals surface area (Å²) in [5.74, 6) is 0. The first-order valence-electron chi connectivity index (χ1n) is 18.6. The van der Waals surface area contributed by atoms with Crippen LogP contribution in [0.15, 0.2) is 209 Å². The van der Waals surface area contributed by atoms with Crippen LogP contribution in [0, 0.1) is 0 Å². The third kappa shape index (κ3) is 5.45. The van der Waals surface area contributed by atoms with Crippen LogP contribution >= 0.6 is 0 Å². The van der Waals surface area contributed by atoms with E-state index in [9.17, 15) is 0 Å². The van der Waals surface area contributed by atoms with E-state index in [0.29, 0.717) is 0 Å². The number of fused-ring (bicyclic) bond motifs is 7. The predicted octanol–water partition coefficient (Wildman–Crippen LogP) is 15.1. The van der Waals surface area contributed by atoms with Gasteiger partial charge in [0.15, 0.2) is 0 Å². The lowest BCUT2D eigenvalue weighted by atomic mass is 9.99. The summed E-state index contributed by atoms with van der Waals surface area (Å²) in [6.45, 7) is 0. The number of anilines is 3. The van der Waals surface area contributed by atoms with Gasteiger partial charge in [0.2, 0.25) is 0 Å². The lowest BCUT2D eigenvalue weighted by Gasteiger charge is -2.27. The normalized spacial score (nSPS) is 11.6. The van der Waals surface area contributed by atoms with Gasteiger partial charge in [-0.15, -0.1) is 0 Å². The topological polar surface area (TPSA) is 29.5 Å². The number of rotatable bonds is 6. The van der Waals surface area contributed by atoms with Crippen LogP contribution in [0.2, 0.25) is 0 Å². The van der Waals surface area contributed by atoms with Crippen LogP contribution in [0.4, 0.5) is 17.1 Å². The standard InChI is InChI=1S/C52H33NO2/c1-2-10-36-29-39(20-19-34(36)9-1)35-21-25-42(26-22-35)53(43-13-7-11-37(30-43)40-24-28-51-48(32-40)46-16-4-6-18-50(46)54-51)44-14-8-12-38(31-44)41-23-27-47-45-15-3-5-17-49(45)55-52(47)33-41/h1-33H. The van der Waals surface area contributed by atoms with E-state index in [1.807, 2.05) is 24.3 Å². The van der Waals surface area contributed by atoms with Crippen LogP contribution in [0.5, 0.6) is 0 Å². The van der Waals surface area contributed by atoms with Crippen molar-refractivity contribution in [3.05, 3.63) is 200 Å². The summed E-state index contributed by atoms with van der Waals surface area (Å²) in [6, 6.07) is 71.2. The van der Waals surface area contributed by atoms with Gasteiger partial charge in [-0.1, -0.05) is 121 Å². The van der Waals surface area contributed by atoms with Crippen molar-refractivity contribution in [2.45, 2.75) is 0 Å². The molecule has 3 heteroatoms. The highest BCUT2D eigenvalue weighted by molar-refractivity contribution is 6.07. The summed E-state index contributed by atoms with van der Waals surface area (Å²) in [7, 11) is 0. The molecule has 0 atom stereocenters. The van der Waals surface area contributed by atoms with Gasteiger partial charge >= 0.3 is 0 Å². The average molecular weight is 704 g/mol. The van der Waals surface area contributed by atoms with Crippen molar-refractivity contribution in [2.75, 3.05) is 4.90 Å². The zero-order valence-corrected chi connectivity index (χ0v) is 29.8. The molecule has 0 N–H and O–H groups in total. The van der Waals surface area contributed by atoms with Crippen molar-refractivity contribution in [1.82, 2.24) is 0 Å². The lowest BCUT2D eigenvalue weighted by Crippen LogP contribution is -2.10. The van der Waals surface area contributed by atoms with E-state index in [1.165, 1.54) is 21.9 Å². The number of hydrogen-bond acceptors (Lipinski definition) is 3. The van der Waals surface area contributed by atoms with Crippen molar-refractivity contribution in [1.29, 1.82) is 0 Å². The van der Waals surface area contributed by atoms with E-state index in [-0.39, 0.29) is 0 Å². The fourth-order valence-corrected chi connectivity index (χ4v) is 8.08. The Labute approximate surface area is 317 Å². The minimum absolute atomic E-state index is 0.889. The van der Waals surface area contributed by atoms with Gasteiger partial charge in [0.1, 0.15) is 22.3 Å². The van der Waals surface area contributed by atoms with Gasteiger partial charge in [-0.25, -0.2) is 0 Å². The maximum absolute atomic E-state index is 6.29. The van der Waals surface area contributed by atoms with E-state index in [0.717, 1.165) is 83.2 Å². The second-order valence-electron chi connectivity index (χ2n) is 14.2. The number of hydrogen-bond donors (Lipinski definition) is 0. The molecule has 11 rings (SSSR count).